The van der Waals surface area contributed by atoms with E-state index in [1.807, 2.05) is 19.2 Å². The van der Waals surface area contributed by atoms with Crippen LogP contribution < -0.4 is 10.1 Å². The van der Waals surface area contributed by atoms with Gasteiger partial charge in [0.15, 0.2) is 0 Å². The van der Waals surface area contributed by atoms with E-state index in [1.165, 1.54) is 11.1 Å². The van der Waals surface area contributed by atoms with Crippen LogP contribution in [0.25, 0.3) is 0 Å². The Hall–Kier alpha value is -1.03. The van der Waals surface area contributed by atoms with Crippen molar-refractivity contribution < 1.29 is 4.74 Å². The zero-order chi connectivity index (χ0) is 15.6. The Morgan fingerprint density at radius 2 is 1.86 bits per heavy atom. The van der Waals surface area contributed by atoms with Gasteiger partial charge >= 0.3 is 0 Å². The first-order valence-electron chi connectivity index (χ1n) is 6.75. The standard InChI is InChI=1S/C17H19BrClNO/c1-10-8-16(21-4)11(2)7-13(10)17(20-3)12-5-6-14(18)15(19)9-12/h5-9,17,20H,1-4H3. The lowest BCUT2D eigenvalue weighted by atomic mass is 9.93. The highest BCUT2D eigenvalue weighted by molar-refractivity contribution is 9.10. The molecule has 0 bridgehead atoms. The fourth-order valence-corrected chi connectivity index (χ4v) is 2.97. The van der Waals surface area contributed by atoms with Gasteiger partial charge in [-0.1, -0.05) is 23.7 Å². The van der Waals surface area contributed by atoms with Crippen molar-refractivity contribution in [2.45, 2.75) is 19.9 Å². The van der Waals surface area contributed by atoms with Crippen molar-refractivity contribution in [1.29, 1.82) is 0 Å². The van der Waals surface area contributed by atoms with E-state index >= 15 is 0 Å². The van der Waals surface area contributed by atoms with Crippen molar-refractivity contribution in [2.24, 2.45) is 0 Å². The first-order valence-corrected chi connectivity index (χ1v) is 7.92. The topological polar surface area (TPSA) is 21.3 Å². The van der Waals surface area contributed by atoms with Crippen LogP contribution in [0.1, 0.15) is 28.3 Å². The Morgan fingerprint density at radius 1 is 1.14 bits per heavy atom. The van der Waals surface area contributed by atoms with Crippen molar-refractivity contribution in [2.75, 3.05) is 14.2 Å². The van der Waals surface area contributed by atoms with Crippen molar-refractivity contribution in [1.82, 2.24) is 5.32 Å². The van der Waals surface area contributed by atoms with Gasteiger partial charge in [-0.15, -0.1) is 0 Å². The summed E-state index contributed by atoms with van der Waals surface area (Å²) in [5, 5.41) is 4.09. The Labute approximate surface area is 139 Å². The summed E-state index contributed by atoms with van der Waals surface area (Å²) in [7, 11) is 3.66. The van der Waals surface area contributed by atoms with Gasteiger partial charge < -0.3 is 10.1 Å². The van der Waals surface area contributed by atoms with Crippen molar-refractivity contribution in [3.05, 3.63) is 62.1 Å². The molecule has 4 heteroatoms. The summed E-state index contributed by atoms with van der Waals surface area (Å²) in [6.45, 7) is 4.16. The van der Waals surface area contributed by atoms with Crippen LogP contribution >= 0.6 is 27.5 Å². The molecule has 1 N–H and O–H groups in total. The molecule has 2 aromatic rings. The lowest BCUT2D eigenvalue weighted by Crippen LogP contribution is -2.19. The van der Waals surface area contributed by atoms with E-state index in [0.717, 1.165) is 26.4 Å². The summed E-state index contributed by atoms with van der Waals surface area (Å²) in [4.78, 5) is 0. The van der Waals surface area contributed by atoms with Crippen molar-refractivity contribution in [3.8, 4) is 5.75 Å². The maximum Gasteiger partial charge on any atom is 0.122 e. The fraction of sp³-hybridized carbons (Fsp3) is 0.294. The molecule has 1 atom stereocenters. The molecule has 0 aliphatic carbocycles. The predicted octanol–water partition coefficient (Wildman–Crippen LogP) is 5.04. The Balaban J connectivity index is 2.50. The number of hydrogen-bond acceptors (Lipinski definition) is 2. The summed E-state index contributed by atoms with van der Waals surface area (Å²) in [5.74, 6) is 0.917. The summed E-state index contributed by atoms with van der Waals surface area (Å²) in [5.41, 5.74) is 4.69. The molecule has 0 saturated heterocycles. The maximum atomic E-state index is 6.23. The first kappa shape index (κ1) is 16.3. The molecule has 0 saturated carbocycles. The molecule has 112 valence electrons. The highest BCUT2D eigenvalue weighted by Gasteiger charge is 2.17. The second kappa shape index (κ2) is 6.82. The molecule has 0 radical (unpaired) electrons. The maximum absolute atomic E-state index is 6.23. The summed E-state index contributed by atoms with van der Waals surface area (Å²) >= 11 is 9.66. The molecule has 2 aromatic carbocycles. The molecule has 0 spiro atoms. The van der Waals surface area contributed by atoms with Crippen LogP contribution in [0.2, 0.25) is 5.02 Å². The minimum Gasteiger partial charge on any atom is -0.496 e. The van der Waals surface area contributed by atoms with Gasteiger partial charge in [0.2, 0.25) is 0 Å². The van der Waals surface area contributed by atoms with Crippen molar-refractivity contribution in [3.63, 3.8) is 0 Å². The second-order valence-electron chi connectivity index (χ2n) is 5.07. The Kier molecular flexibility index (Phi) is 5.31. The fourth-order valence-electron chi connectivity index (χ4n) is 2.54. The third-order valence-corrected chi connectivity index (χ3v) is 4.89. The Bertz CT molecular complexity index is 657. The van der Waals surface area contributed by atoms with E-state index in [1.54, 1.807) is 7.11 Å². The van der Waals surface area contributed by atoms with Gasteiger partial charge in [-0.2, -0.15) is 0 Å². The lowest BCUT2D eigenvalue weighted by Gasteiger charge is -2.21. The number of benzene rings is 2. The molecule has 2 nitrogen and oxygen atoms in total. The first-order chi connectivity index (χ1) is 9.97. The number of ether oxygens (including phenoxy) is 1. The number of methoxy groups -OCH3 is 1. The number of halogens is 2. The number of nitrogens with one attached hydrogen (secondary N) is 1. The average molecular weight is 369 g/mol. The van der Waals surface area contributed by atoms with E-state index in [4.69, 9.17) is 16.3 Å². The van der Waals surface area contributed by atoms with Crippen LogP contribution in [0, 0.1) is 13.8 Å². The smallest absolute Gasteiger partial charge is 0.122 e. The molecule has 2 rings (SSSR count). The summed E-state index contributed by atoms with van der Waals surface area (Å²) < 4.78 is 6.29. The molecule has 0 aromatic heterocycles. The van der Waals surface area contributed by atoms with Crippen molar-refractivity contribution >= 4 is 27.5 Å². The summed E-state index contributed by atoms with van der Waals surface area (Å²) in [6, 6.07) is 10.4. The zero-order valence-electron chi connectivity index (χ0n) is 12.6. The van der Waals surface area contributed by atoms with Crippen LogP contribution in [0.5, 0.6) is 5.75 Å². The molecule has 1 unspecified atom stereocenters. The minimum atomic E-state index is 0.0974. The monoisotopic (exact) mass is 367 g/mol. The number of aryl methyl sites for hydroxylation is 2. The zero-order valence-corrected chi connectivity index (χ0v) is 15.0. The van der Waals surface area contributed by atoms with Gasteiger partial charge in [-0.05, 0) is 77.3 Å². The van der Waals surface area contributed by atoms with E-state index < -0.39 is 0 Å². The highest BCUT2D eigenvalue weighted by atomic mass is 79.9. The predicted molar refractivity (Wildman–Crippen MR) is 92.5 cm³/mol. The van der Waals surface area contributed by atoms with E-state index in [2.05, 4.69) is 53.3 Å². The summed E-state index contributed by atoms with van der Waals surface area (Å²) in [6.07, 6.45) is 0. The molecular formula is C17H19BrClNO. The van der Waals surface area contributed by atoms with Crippen LogP contribution in [0.3, 0.4) is 0 Å². The molecule has 0 heterocycles. The molecule has 0 amide bonds. The average Bonchev–Trinajstić information content (AvgIpc) is 2.46. The highest BCUT2D eigenvalue weighted by Crippen LogP contribution is 2.32. The third kappa shape index (κ3) is 3.42. The lowest BCUT2D eigenvalue weighted by molar-refractivity contribution is 0.411. The van der Waals surface area contributed by atoms with Gasteiger partial charge in [-0.3, -0.25) is 0 Å². The Morgan fingerprint density at radius 3 is 2.43 bits per heavy atom. The van der Waals surface area contributed by atoms with Gasteiger partial charge in [0.1, 0.15) is 5.75 Å². The van der Waals surface area contributed by atoms with E-state index in [9.17, 15) is 0 Å². The number of hydrogen-bond donors (Lipinski definition) is 1. The SMILES string of the molecule is CNC(c1ccc(Br)c(Cl)c1)c1cc(C)c(OC)cc1C. The van der Waals surface area contributed by atoms with Crippen LogP contribution in [-0.2, 0) is 0 Å². The second-order valence-corrected chi connectivity index (χ2v) is 6.34. The largest absolute Gasteiger partial charge is 0.496 e. The molecular weight excluding hydrogens is 350 g/mol. The van der Waals surface area contributed by atoms with E-state index in [0.29, 0.717) is 0 Å². The van der Waals surface area contributed by atoms with Gasteiger partial charge in [0.25, 0.3) is 0 Å². The quantitative estimate of drug-likeness (QED) is 0.816. The molecule has 0 aliphatic rings. The van der Waals surface area contributed by atoms with Gasteiger partial charge in [0.05, 0.1) is 18.2 Å². The molecule has 0 fully saturated rings. The van der Waals surface area contributed by atoms with Gasteiger partial charge in [-0.25, -0.2) is 0 Å². The number of rotatable bonds is 4. The van der Waals surface area contributed by atoms with Crippen LogP contribution in [-0.4, -0.2) is 14.2 Å². The third-order valence-electron chi connectivity index (χ3n) is 3.66. The van der Waals surface area contributed by atoms with Crippen LogP contribution in [0.15, 0.2) is 34.8 Å². The molecule has 21 heavy (non-hydrogen) atoms. The minimum absolute atomic E-state index is 0.0974. The van der Waals surface area contributed by atoms with Gasteiger partial charge in [0, 0.05) is 4.47 Å². The van der Waals surface area contributed by atoms with Crippen LogP contribution in [0.4, 0.5) is 0 Å². The van der Waals surface area contributed by atoms with E-state index in [-0.39, 0.29) is 6.04 Å². The normalized spacial score (nSPS) is 12.3. The molecule has 0 aliphatic heterocycles.